The first-order valence-electron chi connectivity index (χ1n) is 10.4. The number of amides is 3. The molecular weight excluding hydrogens is 420 g/mol. The zero-order valence-electron chi connectivity index (χ0n) is 17.8. The molecule has 1 N–H and O–H groups in total. The Morgan fingerprint density at radius 2 is 1.42 bits per heavy atom. The summed E-state index contributed by atoms with van der Waals surface area (Å²) in [6.45, 7) is -0.0958. The molecule has 1 heterocycles. The highest BCUT2D eigenvalue weighted by Gasteiger charge is 2.41. The number of nitrogens with zero attached hydrogens (tertiary/aromatic N) is 2. The SMILES string of the molecule is O=C(O)CN1C(=O)/C(=C\c2ccc(OCc3ccccc3)cc2)N(Cc2ccccc2)C1=O. The molecule has 33 heavy (non-hydrogen) atoms. The maximum atomic E-state index is 12.9. The van der Waals surface area contributed by atoms with Crippen molar-refractivity contribution in [2.75, 3.05) is 6.54 Å². The van der Waals surface area contributed by atoms with Crippen LogP contribution in [-0.2, 0) is 22.7 Å². The smallest absolute Gasteiger partial charge is 0.332 e. The molecule has 4 rings (SSSR count). The lowest BCUT2D eigenvalue weighted by Gasteiger charge is -2.16. The first-order valence-corrected chi connectivity index (χ1v) is 10.4. The molecule has 0 unspecified atom stereocenters. The predicted molar refractivity (Wildman–Crippen MR) is 122 cm³/mol. The third kappa shape index (κ3) is 5.27. The second-order valence-corrected chi connectivity index (χ2v) is 7.51. The molecule has 0 bridgehead atoms. The summed E-state index contributed by atoms with van der Waals surface area (Å²) in [5, 5.41) is 9.13. The van der Waals surface area contributed by atoms with Gasteiger partial charge in [-0.15, -0.1) is 0 Å². The van der Waals surface area contributed by atoms with Crippen molar-refractivity contribution in [3.8, 4) is 5.75 Å². The standard InChI is InChI=1S/C26H22N2O5/c29-24(30)17-28-25(31)23(27(26(28)32)16-20-7-3-1-4-8-20)15-19-11-13-22(14-12-19)33-18-21-9-5-2-6-10-21/h1-15H,16-18H2,(H,29,30)/b23-15+. The van der Waals surface area contributed by atoms with Gasteiger partial charge in [0.25, 0.3) is 5.91 Å². The third-order valence-corrected chi connectivity index (χ3v) is 5.13. The van der Waals surface area contributed by atoms with E-state index in [0.717, 1.165) is 16.0 Å². The van der Waals surface area contributed by atoms with Crippen LogP contribution in [0.25, 0.3) is 6.08 Å². The number of aliphatic carboxylic acids is 1. The monoisotopic (exact) mass is 442 g/mol. The molecule has 0 aliphatic carbocycles. The summed E-state index contributed by atoms with van der Waals surface area (Å²) in [6.07, 6.45) is 1.59. The highest BCUT2D eigenvalue weighted by atomic mass is 16.5. The number of rotatable bonds is 8. The Kier molecular flexibility index (Phi) is 6.50. The van der Waals surface area contributed by atoms with E-state index in [0.29, 0.717) is 17.9 Å². The molecular formula is C26H22N2O5. The van der Waals surface area contributed by atoms with Gasteiger partial charge in [0.05, 0.1) is 6.54 Å². The normalized spacial score (nSPS) is 14.7. The fraction of sp³-hybridized carbons (Fsp3) is 0.115. The van der Waals surface area contributed by atoms with Crippen LogP contribution in [0.15, 0.2) is 90.6 Å². The van der Waals surface area contributed by atoms with Crippen molar-refractivity contribution in [2.24, 2.45) is 0 Å². The number of carboxylic acids is 1. The Morgan fingerprint density at radius 1 is 0.818 bits per heavy atom. The van der Waals surface area contributed by atoms with Crippen molar-refractivity contribution in [1.82, 2.24) is 9.80 Å². The minimum Gasteiger partial charge on any atom is -0.489 e. The Labute approximate surface area is 191 Å². The number of imide groups is 1. The average Bonchev–Trinajstić information content (AvgIpc) is 3.04. The lowest BCUT2D eigenvalue weighted by molar-refractivity contribution is -0.140. The minimum absolute atomic E-state index is 0.128. The van der Waals surface area contributed by atoms with Crippen molar-refractivity contribution < 1.29 is 24.2 Å². The first kappa shape index (κ1) is 21.8. The molecule has 0 aromatic heterocycles. The number of carboxylic acid groups (broad SMARTS) is 1. The van der Waals surface area contributed by atoms with Crippen LogP contribution < -0.4 is 4.74 Å². The highest BCUT2D eigenvalue weighted by molar-refractivity contribution is 6.15. The number of hydrogen-bond acceptors (Lipinski definition) is 4. The van der Waals surface area contributed by atoms with E-state index in [2.05, 4.69) is 0 Å². The van der Waals surface area contributed by atoms with E-state index in [1.165, 1.54) is 4.90 Å². The van der Waals surface area contributed by atoms with Crippen molar-refractivity contribution in [1.29, 1.82) is 0 Å². The molecule has 7 nitrogen and oxygen atoms in total. The molecule has 1 aliphatic heterocycles. The van der Waals surface area contributed by atoms with Crippen molar-refractivity contribution in [3.05, 3.63) is 107 Å². The average molecular weight is 442 g/mol. The van der Waals surface area contributed by atoms with Gasteiger partial charge in [-0.2, -0.15) is 0 Å². The molecule has 1 aliphatic rings. The minimum atomic E-state index is -1.25. The van der Waals surface area contributed by atoms with Gasteiger partial charge < -0.3 is 9.84 Å². The summed E-state index contributed by atoms with van der Waals surface area (Å²) >= 11 is 0. The van der Waals surface area contributed by atoms with E-state index >= 15 is 0 Å². The van der Waals surface area contributed by atoms with Gasteiger partial charge in [0.15, 0.2) is 0 Å². The lowest BCUT2D eigenvalue weighted by Crippen LogP contribution is -2.36. The number of carbonyl (C=O) groups is 3. The van der Waals surface area contributed by atoms with Crippen molar-refractivity contribution in [3.63, 3.8) is 0 Å². The van der Waals surface area contributed by atoms with Gasteiger partial charge in [-0.25, -0.2) is 9.69 Å². The topological polar surface area (TPSA) is 87.2 Å². The van der Waals surface area contributed by atoms with E-state index in [4.69, 9.17) is 9.84 Å². The molecule has 7 heteroatoms. The molecule has 0 spiro atoms. The molecule has 0 radical (unpaired) electrons. The zero-order valence-corrected chi connectivity index (χ0v) is 17.8. The van der Waals surface area contributed by atoms with E-state index in [-0.39, 0.29) is 12.2 Å². The van der Waals surface area contributed by atoms with E-state index < -0.39 is 24.5 Å². The molecule has 0 saturated carbocycles. The van der Waals surface area contributed by atoms with E-state index in [9.17, 15) is 14.4 Å². The fourth-order valence-corrected chi connectivity index (χ4v) is 3.48. The van der Waals surface area contributed by atoms with Crippen LogP contribution in [0.1, 0.15) is 16.7 Å². The Morgan fingerprint density at radius 3 is 2.03 bits per heavy atom. The molecule has 3 aromatic carbocycles. The first-order chi connectivity index (χ1) is 16.0. The Bertz CT molecular complexity index is 1170. The number of ether oxygens (including phenoxy) is 1. The molecule has 3 aromatic rings. The van der Waals surface area contributed by atoms with Crippen molar-refractivity contribution in [2.45, 2.75) is 13.2 Å². The summed E-state index contributed by atoms with van der Waals surface area (Å²) in [6, 6.07) is 25.5. The highest BCUT2D eigenvalue weighted by Crippen LogP contribution is 2.26. The number of carbonyl (C=O) groups excluding carboxylic acids is 2. The lowest BCUT2D eigenvalue weighted by atomic mass is 10.1. The van der Waals surface area contributed by atoms with Gasteiger partial charge in [-0.05, 0) is 34.9 Å². The maximum Gasteiger partial charge on any atom is 0.332 e. The number of hydrogen-bond donors (Lipinski definition) is 1. The van der Waals surface area contributed by atoms with Crippen LogP contribution in [0, 0.1) is 0 Å². The van der Waals surface area contributed by atoms with Crippen LogP contribution in [-0.4, -0.2) is 39.4 Å². The van der Waals surface area contributed by atoms with Crippen LogP contribution in [0.4, 0.5) is 4.79 Å². The summed E-state index contributed by atoms with van der Waals surface area (Å²) in [7, 11) is 0. The maximum absolute atomic E-state index is 12.9. The van der Waals surface area contributed by atoms with E-state index in [1.807, 2.05) is 60.7 Å². The van der Waals surface area contributed by atoms with Crippen LogP contribution in [0.2, 0.25) is 0 Å². The molecule has 3 amide bonds. The van der Waals surface area contributed by atoms with Gasteiger partial charge in [0.1, 0.15) is 24.6 Å². The van der Waals surface area contributed by atoms with Crippen molar-refractivity contribution >= 4 is 24.0 Å². The second kappa shape index (κ2) is 9.82. The summed E-state index contributed by atoms with van der Waals surface area (Å²) in [5.41, 5.74) is 2.69. The predicted octanol–water partition coefficient (Wildman–Crippen LogP) is 4.16. The van der Waals surface area contributed by atoms with Gasteiger partial charge in [0.2, 0.25) is 0 Å². The van der Waals surface area contributed by atoms with Crippen LogP contribution in [0.5, 0.6) is 5.75 Å². The summed E-state index contributed by atoms with van der Waals surface area (Å²) in [4.78, 5) is 39.0. The summed E-state index contributed by atoms with van der Waals surface area (Å²) < 4.78 is 5.79. The summed E-state index contributed by atoms with van der Waals surface area (Å²) in [5.74, 6) is -1.22. The van der Waals surface area contributed by atoms with Crippen LogP contribution >= 0.6 is 0 Å². The second-order valence-electron chi connectivity index (χ2n) is 7.51. The quantitative estimate of drug-likeness (QED) is 0.418. The number of urea groups is 1. The molecule has 166 valence electrons. The van der Waals surface area contributed by atoms with Gasteiger partial charge in [0, 0.05) is 0 Å². The molecule has 0 atom stereocenters. The Hall–Kier alpha value is -4.39. The largest absolute Gasteiger partial charge is 0.489 e. The van der Waals surface area contributed by atoms with Gasteiger partial charge in [-0.3, -0.25) is 14.5 Å². The van der Waals surface area contributed by atoms with Crippen LogP contribution in [0.3, 0.4) is 0 Å². The van der Waals surface area contributed by atoms with Gasteiger partial charge in [-0.1, -0.05) is 72.8 Å². The van der Waals surface area contributed by atoms with E-state index in [1.54, 1.807) is 30.3 Å². The number of benzene rings is 3. The zero-order chi connectivity index (χ0) is 23.2. The third-order valence-electron chi connectivity index (χ3n) is 5.13. The Balaban J connectivity index is 1.55. The molecule has 1 saturated heterocycles. The molecule has 1 fully saturated rings. The van der Waals surface area contributed by atoms with Gasteiger partial charge >= 0.3 is 12.0 Å². The fourth-order valence-electron chi connectivity index (χ4n) is 3.48.